The predicted molar refractivity (Wildman–Crippen MR) is 55.5 cm³/mol. The lowest BCUT2D eigenvalue weighted by Crippen LogP contribution is -2.52. The summed E-state index contributed by atoms with van der Waals surface area (Å²) in [7, 11) is -2.55. The maximum atomic E-state index is 9.77. The summed E-state index contributed by atoms with van der Waals surface area (Å²) in [5.74, 6) is 0. The maximum Gasteiger partial charge on any atom is 0.394 e. The summed E-state index contributed by atoms with van der Waals surface area (Å²) in [5.41, 5.74) is 1.14. The second-order valence-corrected chi connectivity index (χ2v) is 5.81. The first-order chi connectivity index (χ1) is 6.16. The minimum Gasteiger partial charge on any atom is -0.391 e. The van der Waals surface area contributed by atoms with Crippen LogP contribution in [0.2, 0.25) is 0 Å². The molecule has 0 rings (SSSR count). The highest BCUT2D eigenvalue weighted by Crippen LogP contribution is 2.16. The Hall–Kier alpha value is -0.163. The number of hydrogen-bond acceptors (Lipinski definition) is 3. The molecule has 0 fully saturated rings. The van der Waals surface area contributed by atoms with Crippen molar-refractivity contribution in [3.8, 4) is 0 Å². The van der Waals surface area contributed by atoms with E-state index in [4.69, 9.17) is 8.85 Å². The fourth-order valence-corrected chi connectivity index (χ4v) is 3.67. The molecule has 0 aliphatic rings. The molecule has 0 spiro atoms. The van der Waals surface area contributed by atoms with E-state index in [1.165, 1.54) is 0 Å². The van der Waals surface area contributed by atoms with Crippen LogP contribution in [0.3, 0.4) is 0 Å². The first-order valence-electron chi connectivity index (χ1n) is 4.76. The Kier molecular flexibility index (Phi) is 6.24. The van der Waals surface area contributed by atoms with Gasteiger partial charge < -0.3 is 14.0 Å². The summed E-state index contributed by atoms with van der Waals surface area (Å²) in [6, 6.07) is 0. The fourth-order valence-electron chi connectivity index (χ4n) is 1.22. The number of aliphatic hydroxyl groups excluding tert-OH is 1. The van der Waals surface area contributed by atoms with E-state index in [1.807, 2.05) is 20.8 Å². The summed E-state index contributed by atoms with van der Waals surface area (Å²) in [4.78, 5) is 0. The molecule has 4 heteroatoms. The standard InChI is InChI=1S/C9H20O3Si/c1-5-9(10)13(8-4,11-6-2)12-7-3/h8-10H,4-7H2,1-3H3. The average Bonchev–Trinajstić information content (AvgIpc) is 2.16. The van der Waals surface area contributed by atoms with Gasteiger partial charge in [0.1, 0.15) is 5.73 Å². The normalized spacial score (nSPS) is 14.2. The molecule has 0 aliphatic carbocycles. The molecule has 0 heterocycles. The third kappa shape index (κ3) is 3.23. The van der Waals surface area contributed by atoms with Crippen LogP contribution < -0.4 is 0 Å². The van der Waals surface area contributed by atoms with Gasteiger partial charge in [-0.2, -0.15) is 0 Å². The van der Waals surface area contributed by atoms with Crippen molar-refractivity contribution in [2.45, 2.75) is 32.9 Å². The molecular formula is C9H20O3Si. The molecule has 13 heavy (non-hydrogen) atoms. The zero-order valence-corrected chi connectivity index (χ0v) is 9.75. The lowest BCUT2D eigenvalue weighted by Gasteiger charge is -2.30. The quantitative estimate of drug-likeness (QED) is 0.639. The highest BCUT2D eigenvalue weighted by Gasteiger charge is 2.41. The highest BCUT2D eigenvalue weighted by atomic mass is 28.4. The largest absolute Gasteiger partial charge is 0.394 e. The van der Waals surface area contributed by atoms with Crippen LogP contribution in [-0.4, -0.2) is 32.6 Å². The molecule has 0 radical (unpaired) electrons. The Balaban J connectivity index is 4.51. The molecule has 1 N–H and O–H groups in total. The second kappa shape index (κ2) is 6.31. The van der Waals surface area contributed by atoms with Gasteiger partial charge in [-0.15, -0.1) is 6.58 Å². The van der Waals surface area contributed by atoms with Gasteiger partial charge >= 0.3 is 8.56 Å². The van der Waals surface area contributed by atoms with Crippen molar-refractivity contribution in [3.63, 3.8) is 0 Å². The van der Waals surface area contributed by atoms with E-state index >= 15 is 0 Å². The molecule has 1 unspecified atom stereocenters. The summed E-state index contributed by atoms with van der Waals surface area (Å²) in [6.07, 6.45) is 0.637. The monoisotopic (exact) mass is 204 g/mol. The summed E-state index contributed by atoms with van der Waals surface area (Å²) in [6.45, 7) is 10.5. The average molecular weight is 204 g/mol. The minimum absolute atomic E-state index is 0.523. The van der Waals surface area contributed by atoms with Gasteiger partial charge in [-0.1, -0.05) is 6.92 Å². The first-order valence-corrected chi connectivity index (χ1v) is 6.73. The molecular weight excluding hydrogens is 184 g/mol. The number of rotatable bonds is 7. The summed E-state index contributed by atoms with van der Waals surface area (Å²) in [5, 5.41) is 9.77. The van der Waals surface area contributed by atoms with Crippen LogP contribution in [0.4, 0.5) is 0 Å². The number of hydrogen-bond donors (Lipinski definition) is 1. The lowest BCUT2D eigenvalue weighted by atomic mass is 10.5. The van der Waals surface area contributed by atoms with E-state index in [2.05, 4.69) is 6.58 Å². The van der Waals surface area contributed by atoms with Crippen LogP contribution in [0.1, 0.15) is 27.2 Å². The van der Waals surface area contributed by atoms with Crippen LogP contribution in [0.5, 0.6) is 0 Å². The Morgan fingerprint density at radius 1 is 1.31 bits per heavy atom. The van der Waals surface area contributed by atoms with Gasteiger partial charge in [0.2, 0.25) is 0 Å². The van der Waals surface area contributed by atoms with E-state index in [0.717, 1.165) is 0 Å². The molecule has 78 valence electrons. The summed E-state index contributed by atoms with van der Waals surface area (Å²) < 4.78 is 11.0. The number of aliphatic hydroxyl groups is 1. The Morgan fingerprint density at radius 2 is 1.77 bits per heavy atom. The van der Waals surface area contributed by atoms with Gasteiger partial charge in [-0.25, -0.2) is 0 Å². The van der Waals surface area contributed by atoms with E-state index < -0.39 is 14.3 Å². The zero-order valence-electron chi connectivity index (χ0n) is 8.75. The third-order valence-corrected chi connectivity index (χ3v) is 5.26. The van der Waals surface area contributed by atoms with Gasteiger partial charge in [0, 0.05) is 13.2 Å². The SMILES string of the molecule is C=C[Si](OCC)(OCC)C(O)CC. The molecule has 0 amide bonds. The Bertz CT molecular complexity index is 144. The molecule has 0 aromatic heterocycles. The Labute approximate surface area is 81.6 Å². The minimum atomic E-state index is -2.55. The van der Waals surface area contributed by atoms with Crippen molar-refractivity contribution < 1.29 is 14.0 Å². The fraction of sp³-hybridized carbons (Fsp3) is 0.778. The molecule has 3 nitrogen and oxygen atoms in total. The summed E-state index contributed by atoms with van der Waals surface area (Å²) >= 11 is 0. The molecule has 0 aromatic rings. The van der Waals surface area contributed by atoms with Crippen LogP contribution in [0.15, 0.2) is 12.3 Å². The van der Waals surface area contributed by atoms with Crippen LogP contribution in [0.25, 0.3) is 0 Å². The van der Waals surface area contributed by atoms with Crippen LogP contribution >= 0.6 is 0 Å². The van der Waals surface area contributed by atoms with Crippen molar-refractivity contribution >= 4 is 8.56 Å². The molecule has 0 aliphatic heterocycles. The van der Waals surface area contributed by atoms with Crippen molar-refractivity contribution in [1.29, 1.82) is 0 Å². The van der Waals surface area contributed by atoms with Crippen molar-refractivity contribution in [2.75, 3.05) is 13.2 Å². The van der Waals surface area contributed by atoms with E-state index in [-0.39, 0.29) is 0 Å². The zero-order chi connectivity index (χ0) is 10.3. The van der Waals surface area contributed by atoms with E-state index in [0.29, 0.717) is 19.6 Å². The Morgan fingerprint density at radius 3 is 2.00 bits per heavy atom. The maximum absolute atomic E-state index is 9.77. The lowest BCUT2D eigenvalue weighted by molar-refractivity contribution is 0.118. The molecule has 0 saturated heterocycles. The highest BCUT2D eigenvalue weighted by molar-refractivity contribution is 6.73. The topological polar surface area (TPSA) is 38.7 Å². The van der Waals surface area contributed by atoms with E-state index in [1.54, 1.807) is 5.70 Å². The van der Waals surface area contributed by atoms with Crippen LogP contribution in [-0.2, 0) is 8.85 Å². The first kappa shape index (κ1) is 12.8. The van der Waals surface area contributed by atoms with E-state index in [9.17, 15) is 5.11 Å². The van der Waals surface area contributed by atoms with Gasteiger partial charge in [-0.05, 0) is 26.0 Å². The van der Waals surface area contributed by atoms with Crippen LogP contribution in [0, 0.1) is 0 Å². The van der Waals surface area contributed by atoms with Crippen molar-refractivity contribution in [1.82, 2.24) is 0 Å². The van der Waals surface area contributed by atoms with Gasteiger partial charge in [0.25, 0.3) is 0 Å². The van der Waals surface area contributed by atoms with Crippen molar-refractivity contribution in [3.05, 3.63) is 12.3 Å². The predicted octanol–water partition coefficient (Wildman–Crippen LogP) is 1.54. The molecule has 0 saturated carbocycles. The third-order valence-electron chi connectivity index (χ3n) is 1.88. The molecule has 0 bridgehead atoms. The molecule has 0 aromatic carbocycles. The van der Waals surface area contributed by atoms with Gasteiger partial charge in [-0.3, -0.25) is 0 Å². The second-order valence-electron chi connectivity index (χ2n) is 2.72. The smallest absolute Gasteiger partial charge is 0.391 e. The van der Waals surface area contributed by atoms with Gasteiger partial charge in [0.05, 0.1) is 0 Å². The van der Waals surface area contributed by atoms with Crippen molar-refractivity contribution in [2.24, 2.45) is 0 Å². The van der Waals surface area contributed by atoms with Gasteiger partial charge in [0.15, 0.2) is 0 Å². The molecule has 1 atom stereocenters.